The van der Waals surface area contributed by atoms with Crippen molar-refractivity contribution in [1.29, 1.82) is 0 Å². The number of hydrogen-bond donors (Lipinski definition) is 4. The van der Waals surface area contributed by atoms with Crippen molar-refractivity contribution in [2.24, 2.45) is 0 Å². The second kappa shape index (κ2) is 7.51. The summed E-state index contributed by atoms with van der Waals surface area (Å²) in [4.78, 5) is 32.8. The van der Waals surface area contributed by atoms with E-state index >= 15 is 0 Å². The van der Waals surface area contributed by atoms with Crippen molar-refractivity contribution < 1.29 is 24.2 Å². The molecular formula is C10H18N3O6P. The minimum atomic E-state index is -4.31. The van der Waals surface area contributed by atoms with Crippen LogP contribution in [0, 0.1) is 0 Å². The van der Waals surface area contributed by atoms with E-state index in [1.807, 2.05) is 6.92 Å². The van der Waals surface area contributed by atoms with E-state index < -0.39 is 32.3 Å². The van der Waals surface area contributed by atoms with Crippen LogP contribution in [0.3, 0.4) is 0 Å². The van der Waals surface area contributed by atoms with Crippen molar-refractivity contribution in [2.75, 3.05) is 24.8 Å². The molecule has 0 aromatic carbocycles. The zero-order valence-corrected chi connectivity index (χ0v) is 11.9. The number of aliphatic hydroxyl groups is 1. The van der Waals surface area contributed by atoms with Gasteiger partial charge in [-0.1, -0.05) is 0 Å². The minimum absolute atomic E-state index is 0.0469. The Morgan fingerprint density at radius 3 is 2.75 bits per heavy atom. The standard InChI is InChI=1S/C10H18N3O6P/c1-2-11-9-3-4-13(10(15)12-9)5-8(6-14)19-7-20(16,17)18/h3-4,8,14H,2,5-7H2,1H3,(H,11,12,15)(H2,16,17,18)/t8-/m0/s1. The molecule has 0 aliphatic heterocycles. The molecule has 1 aromatic heterocycles. The van der Waals surface area contributed by atoms with Gasteiger partial charge in [0, 0.05) is 12.7 Å². The van der Waals surface area contributed by atoms with Gasteiger partial charge in [0.1, 0.15) is 12.2 Å². The highest BCUT2D eigenvalue weighted by atomic mass is 31.2. The average molecular weight is 307 g/mol. The quantitative estimate of drug-likeness (QED) is 0.458. The molecule has 0 fully saturated rings. The summed E-state index contributed by atoms with van der Waals surface area (Å²) in [6, 6.07) is 1.59. The van der Waals surface area contributed by atoms with Gasteiger partial charge in [0.15, 0.2) is 0 Å². The molecule has 10 heteroatoms. The molecule has 114 valence electrons. The maximum Gasteiger partial charge on any atom is 0.350 e. The molecule has 20 heavy (non-hydrogen) atoms. The van der Waals surface area contributed by atoms with Crippen LogP contribution in [-0.2, 0) is 15.8 Å². The molecule has 0 saturated heterocycles. The van der Waals surface area contributed by atoms with E-state index in [4.69, 9.17) is 19.6 Å². The Balaban J connectivity index is 2.70. The highest BCUT2D eigenvalue weighted by molar-refractivity contribution is 7.51. The fraction of sp³-hybridized carbons (Fsp3) is 0.600. The van der Waals surface area contributed by atoms with E-state index in [-0.39, 0.29) is 6.54 Å². The van der Waals surface area contributed by atoms with Crippen LogP contribution in [0.15, 0.2) is 17.1 Å². The fourth-order valence-electron chi connectivity index (χ4n) is 1.43. The Labute approximate surface area is 115 Å². The van der Waals surface area contributed by atoms with Gasteiger partial charge >= 0.3 is 13.3 Å². The molecule has 0 amide bonds. The number of anilines is 1. The van der Waals surface area contributed by atoms with Crippen LogP contribution >= 0.6 is 7.60 Å². The van der Waals surface area contributed by atoms with Gasteiger partial charge in [-0.05, 0) is 13.0 Å². The van der Waals surface area contributed by atoms with E-state index in [0.29, 0.717) is 12.4 Å². The predicted molar refractivity (Wildman–Crippen MR) is 71.5 cm³/mol. The van der Waals surface area contributed by atoms with E-state index in [9.17, 15) is 9.36 Å². The second-order valence-electron chi connectivity index (χ2n) is 4.04. The SMILES string of the molecule is CCNc1ccn(C[C@@H](CO)OCP(=O)(O)O)c(=O)n1. The molecule has 0 spiro atoms. The van der Waals surface area contributed by atoms with Gasteiger partial charge in [-0.3, -0.25) is 9.13 Å². The number of ether oxygens (including phenoxy) is 1. The Bertz CT molecular complexity index is 528. The van der Waals surface area contributed by atoms with Crippen molar-refractivity contribution in [3.05, 3.63) is 22.7 Å². The van der Waals surface area contributed by atoms with E-state index in [0.717, 1.165) is 0 Å². The van der Waals surface area contributed by atoms with Crippen LogP contribution < -0.4 is 11.0 Å². The summed E-state index contributed by atoms with van der Waals surface area (Å²) in [5.74, 6) is 0.436. The summed E-state index contributed by atoms with van der Waals surface area (Å²) < 4.78 is 16.8. The highest BCUT2D eigenvalue weighted by Gasteiger charge is 2.18. The summed E-state index contributed by atoms with van der Waals surface area (Å²) >= 11 is 0. The van der Waals surface area contributed by atoms with Crippen molar-refractivity contribution in [1.82, 2.24) is 9.55 Å². The van der Waals surface area contributed by atoms with E-state index in [2.05, 4.69) is 10.3 Å². The Morgan fingerprint density at radius 1 is 1.55 bits per heavy atom. The first-order chi connectivity index (χ1) is 9.35. The van der Waals surface area contributed by atoms with Crippen molar-refractivity contribution in [3.8, 4) is 0 Å². The molecule has 1 heterocycles. The third-order valence-electron chi connectivity index (χ3n) is 2.31. The summed E-state index contributed by atoms with van der Waals surface area (Å²) in [5.41, 5.74) is -0.540. The molecule has 1 rings (SSSR count). The van der Waals surface area contributed by atoms with Gasteiger partial charge in [0.05, 0.1) is 19.3 Å². The molecule has 0 aliphatic carbocycles. The van der Waals surface area contributed by atoms with E-state index in [1.165, 1.54) is 10.8 Å². The molecule has 0 unspecified atom stereocenters. The lowest BCUT2D eigenvalue weighted by molar-refractivity contribution is 0.0188. The molecular weight excluding hydrogens is 289 g/mol. The Kier molecular flexibility index (Phi) is 6.31. The van der Waals surface area contributed by atoms with Crippen LogP contribution in [0.4, 0.5) is 5.82 Å². The molecule has 9 nitrogen and oxygen atoms in total. The number of rotatable bonds is 8. The average Bonchev–Trinajstić information content (AvgIpc) is 2.36. The second-order valence-corrected chi connectivity index (χ2v) is 5.63. The first-order valence-corrected chi connectivity index (χ1v) is 7.74. The first-order valence-electron chi connectivity index (χ1n) is 5.94. The monoisotopic (exact) mass is 307 g/mol. The normalized spacial score (nSPS) is 13.2. The molecule has 1 atom stereocenters. The highest BCUT2D eigenvalue weighted by Crippen LogP contribution is 2.34. The molecule has 4 N–H and O–H groups in total. The Hall–Kier alpha value is -1.25. The smallest absolute Gasteiger partial charge is 0.350 e. The lowest BCUT2D eigenvalue weighted by atomic mass is 10.3. The maximum absolute atomic E-state index is 11.7. The van der Waals surface area contributed by atoms with Gasteiger partial charge in [0.25, 0.3) is 0 Å². The number of hydrogen-bond acceptors (Lipinski definition) is 6. The molecule has 1 aromatic rings. The van der Waals surface area contributed by atoms with Crippen LogP contribution in [0.25, 0.3) is 0 Å². The van der Waals surface area contributed by atoms with Crippen LogP contribution in [0.2, 0.25) is 0 Å². The number of nitrogens with one attached hydrogen (secondary N) is 1. The number of aliphatic hydroxyl groups excluding tert-OH is 1. The van der Waals surface area contributed by atoms with Gasteiger partial charge in [0.2, 0.25) is 0 Å². The van der Waals surface area contributed by atoms with Crippen LogP contribution in [-0.4, -0.2) is 50.0 Å². The van der Waals surface area contributed by atoms with Gasteiger partial charge in [-0.2, -0.15) is 4.98 Å². The summed E-state index contributed by atoms with van der Waals surface area (Å²) in [5, 5.41) is 12.0. The lowest BCUT2D eigenvalue weighted by Gasteiger charge is -2.17. The maximum atomic E-state index is 11.7. The van der Waals surface area contributed by atoms with Crippen molar-refractivity contribution >= 4 is 13.4 Å². The summed E-state index contributed by atoms with van der Waals surface area (Å²) in [6.45, 7) is 1.97. The Morgan fingerprint density at radius 2 is 2.25 bits per heavy atom. The molecule has 0 aliphatic rings. The third-order valence-corrected chi connectivity index (χ3v) is 2.80. The van der Waals surface area contributed by atoms with Crippen LogP contribution in [0.5, 0.6) is 0 Å². The number of aromatic nitrogens is 2. The minimum Gasteiger partial charge on any atom is -0.394 e. The van der Waals surface area contributed by atoms with Gasteiger partial charge in [-0.25, -0.2) is 4.79 Å². The largest absolute Gasteiger partial charge is 0.394 e. The van der Waals surface area contributed by atoms with Crippen molar-refractivity contribution in [3.63, 3.8) is 0 Å². The van der Waals surface area contributed by atoms with Crippen LogP contribution in [0.1, 0.15) is 6.92 Å². The van der Waals surface area contributed by atoms with E-state index in [1.54, 1.807) is 6.07 Å². The van der Waals surface area contributed by atoms with Crippen molar-refractivity contribution in [2.45, 2.75) is 19.6 Å². The predicted octanol–water partition coefficient (Wildman–Crippen LogP) is -0.812. The summed E-state index contributed by atoms with van der Waals surface area (Å²) in [6.07, 6.45) is -0.237. The topological polar surface area (TPSA) is 134 Å². The summed E-state index contributed by atoms with van der Waals surface area (Å²) in [7, 11) is -4.31. The lowest BCUT2D eigenvalue weighted by Crippen LogP contribution is -2.32. The zero-order chi connectivity index (χ0) is 15.2. The zero-order valence-electron chi connectivity index (χ0n) is 11.0. The molecule has 0 radical (unpaired) electrons. The van der Waals surface area contributed by atoms with Gasteiger partial charge in [-0.15, -0.1) is 0 Å². The van der Waals surface area contributed by atoms with Gasteiger partial charge < -0.3 is 24.9 Å². The third kappa shape index (κ3) is 5.81. The number of nitrogens with zero attached hydrogens (tertiary/aromatic N) is 2. The molecule has 0 saturated carbocycles. The molecule has 0 bridgehead atoms. The first kappa shape index (κ1) is 16.8. The fourth-order valence-corrected chi connectivity index (χ4v) is 1.84.